The van der Waals surface area contributed by atoms with Gasteiger partial charge in [-0.15, -0.1) is 11.3 Å². The molecule has 24 heavy (non-hydrogen) atoms. The third-order valence-electron chi connectivity index (χ3n) is 3.27. The van der Waals surface area contributed by atoms with Crippen LogP contribution in [-0.2, 0) is 13.0 Å². The van der Waals surface area contributed by atoms with Gasteiger partial charge in [-0.25, -0.2) is 4.98 Å². The second-order valence-electron chi connectivity index (χ2n) is 5.27. The van der Waals surface area contributed by atoms with Crippen LogP contribution < -0.4 is 15.4 Å². The van der Waals surface area contributed by atoms with Gasteiger partial charge in [-0.05, 0) is 31.5 Å². The van der Waals surface area contributed by atoms with E-state index in [1.165, 1.54) is 4.88 Å². The Kier molecular flexibility index (Phi) is 7.34. The molecule has 0 saturated carbocycles. The highest BCUT2D eigenvalue weighted by molar-refractivity contribution is 7.11. The van der Waals surface area contributed by atoms with Gasteiger partial charge in [0.1, 0.15) is 16.9 Å². The number of guanidine groups is 1. The Hall–Kier alpha value is -1.79. The molecule has 7 heteroatoms. The lowest BCUT2D eigenvalue weighted by atomic mass is 10.3. The lowest BCUT2D eigenvalue weighted by molar-refractivity contribution is 0.224. The predicted octanol–water partition coefficient (Wildman–Crippen LogP) is 3.49. The highest BCUT2D eigenvalue weighted by Gasteiger charge is 2.07. The van der Waals surface area contributed by atoms with Crippen molar-refractivity contribution in [3.63, 3.8) is 0 Å². The minimum Gasteiger partial charge on any atom is -0.489 e. The third-order valence-corrected chi connectivity index (χ3v) is 4.65. The quantitative estimate of drug-likeness (QED) is 0.581. The standard InChI is InChI=1S/C17H23ClN4OS/c1-4-15-10-20-16(24-15)11-22-17(19-3)21-9-12(2)23-14-7-5-6-13(18)8-14/h5-8,10,12H,4,9,11H2,1-3H3,(H2,19,21,22). The molecule has 0 radical (unpaired) electrons. The first-order valence-corrected chi connectivity index (χ1v) is 9.10. The maximum atomic E-state index is 5.96. The van der Waals surface area contributed by atoms with E-state index < -0.39 is 0 Å². The normalized spacial score (nSPS) is 12.8. The summed E-state index contributed by atoms with van der Waals surface area (Å²) in [6.45, 7) is 5.42. The first-order chi connectivity index (χ1) is 11.6. The Labute approximate surface area is 152 Å². The molecule has 0 aliphatic carbocycles. The van der Waals surface area contributed by atoms with Crippen molar-refractivity contribution < 1.29 is 4.74 Å². The zero-order chi connectivity index (χ0) is 17.4. The summed E-state index contributed by atoms with van der Waals surface area (Å²) in [5.74, 6) is 1.49. The minimum atomic E-state index is -0.0198. The van der Waals surface area contributed by atoms with Gasteiger partial charge in [0.15, 0.2) is 5.96 Å². The smallest absolute Gasteiger partial charge is 0.191 e. The van der Waals surface area contributed by atoms with E-state index in [9.17, 15) is 0 Å². The molecule has 130 valence electrons. The van der Waals surface area contributed by atoms with E-state index >= 15 is 0 Å². The number of ether oxygens (including phenoxy) is 1. The average molecular weight is 367 g/mol. The lowest BCUT2D eigenvalue weighted by Crippen LogP contribution is -2.41. The number of hydrogen-bond donors (Lipinski definition) is 2. The van der Waals surface area contributed by atoms with Crippen molar-refractivity contribution in [3.8, 4) is 5.75 Å². The SMILES string of the molecule is CCc1cnc(CNC(=NC)NCC(C)Oc2cccc(Cl)c2)s1. The average Bonchev–Trinajstić information content (AvgIpc) is 3.03. The minimum absolute atomic E-state index is 0.0198. The first kappa shape index (κ1) is 18.5. The summed E-state index contributed by atoms with van der Waals surface area (Å²) in [7, 11) is 1.75. The molecule has 2 rings (SSSR count). The van der Waals surface area contributed by atoms with E-state index in [0.717, 1.165) is 23.1 Å². The van der Waals surface area contributed by atoms with Crippen molar-refractivity contribution >= 4 is 28.9 Å². The largest absolute Gasteiger partial charge is 0.489 e. The van der Waals surface area contributed by atoms with Gasteiger partial charge in [0.05, 0.1) is 13.1 Å². The van der Waals surface area contributed by atoms with Gasteiger partial charge in [-0.2, -0.15) is 0 Å². The predicted molar refractivity (Wildman–Crippen MR) is 101 cm³/mol. The van der Waals surface area contributed by atoms with Crippen LogP contribution in [0.5, 0.6) is 5.75 Å². The highest BCUT2D eigenvalue weighted by Crippen LogP contribution is 2.18. The van der Waals surface area contributed by atoms with Crippen molar-refractivity contribution in [2.24, 2.45) is 4.99 Å². The van der Waals surface area contributed by atoms with Gasteiger partial charge in [0.25, 0.3) is 0 Å². The molecule has 2 aromatic rings. The maximum Gasteiger partial charge on any atom is 0.191 e. The molecule has 0 spiro atoms. The van der Waals surface area contributed by atoms with Crippen molar-refractivity contribution in [3.05, 3.63) is 45.4 Å². The fraction of sp³-hybridized carbons (Fsp3) is 0.412. The Morgan fingerprint density at radius 2 is 2.25 bits per heavy atom. The topological polar surface area (TPSA) is 58.5 Å². The molecular formula is C17H23ClN4OS. The fourth-order valence-electron chi connectivity index (χ4n) is 2.03. The lowest BCUT2D eigenvalue weighted by Gasteiger charge is -2.17. The third kappa shape index (κ3) is 6.02. The number of thiazole rings is 1. The molecule has 0 bridgehead atoms. The molecular weight excluding hydrogens is 344 g/mol. The molecule has 5 nitrogen and oxygen atoms in total. The summed E-state index contributed by atoms with van der Waals surface area (Å²) in [4.78, 5) is 9.90. The van der Waals surface area contributed by atoms with Crippen LogP contribution >= 0.6 is 22.9 Å². The first-order valence-electron chi connectivity index (χ1n) is 7.91. The van der Waals surface area contributed by atoms with Crippen LogP contribution in [0.4, 0.5) is 0 Å². The number of aromatic nitrogens is 1. The fourth-order valence-corrected chi connectivity index (χ4v) is 3.01. The second-order valence-corrected chi connectivity index (χ2v) is 6.90. The number of nitrogens with zero attached hydrogens (tertiary/aromatic N) is 2. The number of aryl methyl sites for hydroxylation is 1. The van der Waals surface area contributed by atoms with Gasteiger partial charge >= 0.3 is 0 Å². The number of nitrogens with one attached hydrogen (secondary N) is 2. The van der Waals surface area contributed by atoms with Crippen LogP contribution in [-0.4, -0.2) is 30.6 Å². The van der Waals surface area contributed by atoms with E-state index in [2.05, 4.69) is 27.5 Å². The number of hydrogen-bond acceptors (Lipinski definition) is 4. The molecule has 1 heterocycles. The van der Waals surface area contributed by atoms with Crippen LogP contribution in [0.15, 0.2) is 35.5 Å². The van der Waals surface area contributed by atoms with Crippen LogP contribution in [0.3, 0.4) is 0 Å². The van der Waals surface area contributed by atoms with Crippen molar-refractivity contribution in [2.45, 2.75) is 32.9 Å². The molecule has 1 atom stereocenters. The Morgan fingerprint density at radius 3 is 2.92 bits per heavy atom. The summed E-state index contributed by atoms with van der Waals surface area (Å²) in [6, 6.07) is 7.39. The maximum absolute atomic E-state index is 5.96. The zero-order valence-electron chi connectivity index (χ0n) is 14.2. The van der Waals surface area contributed by atoms with Crippen LogP contribution in [0, 0.1) is 0 Å². The van der Waals surface area contributed by atoms with Gasteiger partial charge in [0.2, 0.25) is 0 Å². The van der Waals surface area contributed by atoms with E-state index in [-0.39, 0.29) is 6.10 Å². The van der Waals surface area contributed by atoms with E-state index in [0.29, 0.717) is 18.1 Å². The molecule has 0 aliphatic heterocycles. The molecule has 0 amide bonds. The monoisotopic (exact) mass is 366 g/mol. The molecule has 0 saturated heterocycles. The molecule has 1 aromatic heterocycles. The van der Waals surface area contributed by atoms with E-state index in [1.807, 2.05) is 31.3 Å². The molecule has 0 aliphatic rings. The van der Waals surface area contributed by atoms with Gasteiger partial charge < -0.3 is 15.4 Å². The highest BCUT2D eigenvalue weighted by atomic mass is 35.5. The van der Waals surface area contributed by atoms with Crippen molar-refractivity contribution in [1.82, 2.24) is 15.6 Å². The number of rotatable bonds is 7. The van der Waals surface area contributed by atoms with Gasteiger partial charge in [-0.1, -0.05) is 24.6 Å². The number of benzene rings is 1. The van der Waals surface area contributed by atoms with Gasteiger partial charge in [-0.3, -0.25) is 4.99 Å². The molecule has 1 aromatic carbocycles. The molecule has 1 unspecified atom stereocenters. The van der Waals surface area contributed by atoms with Crippen molar-refractivity contribution in [2.75, 3.05) is 13.6 Å². The Morgan fingerprint density at radius 1 is 1.42 bits per heavy atom. The number of halogens is 1. The molecule has 0 fully saturated rings. The summed E-state index contributed by atoms with van der Waals surface area (Å²) >= 11 is 7.68. The summed E-state index contributed by atoms with van der Waals surface area (Å²) < 4.78 is 5.83. The summed E-state index contributed by atoms with van der Waals surface area (Å²) in [5, 5.41) is 8.23. The second kappa shape index (κ2) is 9.49. The van der Waals surface area contributed by atoms with Crippen LogP contribution in [0.2, 0.25) is 5.02 Å². The van der Waals surface area contributed by atoms with Crippen molar-refractivity contribution in [1.29, 1.82) is 0 Å². The summed E-state index contributed by atoms with van der Waals surface area (Å²) in [5.41, 5.74) is 0. The zero-order valence-corrected chi connectivity index (χ0v) is 15.7. The van der Waals surface area contributed by atoms with Crippen LogP contribution in [0.1, 0.15) is 23.7 Å². The Balaban J connectivity index is 1.76. The molecule has 2 N–H and O–H groups in total. The Bertz CT molecular complexity index is 674. The van der Waals surface area contributed by atoms with E-state index in [1.54, 1.807) is 24.5 Å². The van der Waals surface area contributed by atoms with Crippen LogP contribution in [0.25, 0.3) is 0 Å². The van der Waals surface area contributed by atoms with Gasteiger partial charge in [0, 0.05) is 23.1 Å². The number of aliphatic imine (C=N–C) groups is 1. The summed E-state index contributed by atoms with van der Waals surface area (Å²) in [6.07, 6.45) is 2.93. The van der Waals surface area contributed by atoms with E-state index in [4.69, 9.17) is 16.3 Å².